The quantitative estimate of drug-likeness (QED) is 0.818. The van der Waals surface area contributed by atoms with Crippen molar-refractivity contribution < 1.29 is 4.79 Å². The molecule has 1 heterocycles. The lowest BCUT2D eigenvalue weighted by atomic mass is 10.1. The first-order valence-electron chi connectivity index (χ1n) is 6.26. The van der Waals surface area contributed by atoms with Gasteiger partial charge in [-0.15, -0.1) is 0 Å². The molecule has 0 saturated heterocycles. The third kappa shape index (κ3) is 2.94. The molecule has 3 N–H and O–H groups in total. The summed E-state index contributed by atoms with van der Waals surface area (Å²) in [6.07, 6.45) is 1.08. The molecule has 2 aromatic rings. The fourth-order valence-electron chi connectivity index (χ4n) is 1.87. The van der Waals surface area contributed by atoms with Crippen molar-refractivity contribution in [1.82, 2.24) is 9.78 Å². The molecular weight excluding hydrogens is 282 g/mol. The van der Waals surface area contributed by atoms with Crippen LogP contribution in [0.15, 0.2) is 40.7 Å². The summed E-state index contributed by atoms with van der Waals surface area (Å²) in [5.74, 6) is -0.563. The number of hydrogen-bond acceptors (Lipinski definition) is 5. The van der Waals surface area contributed by atoms with Crippen molar-refractivity contribution in [1.29, 1.82) is 10.5 Å². The van der Waals surface area contributed by atoms with Gasteiger partial charge in [0.2, 0.25) is 0 Å². The molecule has 108 valence electrons. The summed E-state index contributed by atoms with van der Waals surface area (Å²) in [4.78, 5) is 24.3. The zero-order chi connectivity index (χ0) is 16.1. The van der Waals surface area contributed by atoms with Crippen molar-refractivity contribution in [2.45, 2.75) is 6.42 Å². The minimum atomic E-state index is -0.693. The highest BCUT2D eigenvalue weighted by Crippen LogP contribution is 2.09. The third-order valence-corrected chi connectivity index (χ3v) is 2.93. The highest BCUT2D eigenvalue weighted by atomic mass is 16.2. The maximum absolute atomic E-state index is 12.2. The molecule has 0 spiro atoms. The van der Waals surface area contributed by atoms with E-state index in [1.165, 1.54) is 0 Å². The lowest BCUT2D eigenvalue weighted by molar-refractivity contribution is 0.0895. The van der Waals surface area contributed by atoms with Crippen LogP contribution in [-0.4, -0.2) is 15.7 Å². The van der Waals surface area contributed by atoms with Crippen LogP contribution in [0.5, 0.6) is 0 Å². The second kappa shape index (κ2) is 6.25. The first-order valence-corrected chi connectivity index (χ1v) is 6.26. The number of hydrogen-bond donors (Lipinski definition) is 2. The van der Waals surface area contributed by atoms with Crippen LogP contribution in [0, 0.1) is 22.7 Å². The first-order chi connectivity index (χ1) is 10.6. The number of H-pyrrole nitrogens is 1. The Hall–Kier alpha value is -3.58. The Bertz CT molecular complexity index is 859. The molecule has 0 amide bonds. The summed E-state index contributed by atoms with van der Waals surface area (Å²) in [7, 11) is 0. The Morgan fingerprint density at radius 1 is 1.27 bits per heavy atom. The molecular formula is C15H11N5O2. The van der Waals surface area contributed by atoms with E-state index in [0.717, 1.165) is 16.3 Å². The molecule has 0 aliphatic heterocycles. The molecule has 22 heavy (non-hydrogen) atoms. The molecule has 0 aliphatic carbocycles. The van der Waals surface area contributed by atoms with E-state index in [1.807, 2.05) is 6.07 Å². The molecule has 1 aromatic heterocycles. The summed E-state index contributed by atoms with van der Waals surface area (Å²) in [6.45, 7) is 0. The van der Waals surface area contributed by atoms with E-state index in [1.54, 1.807) is 36.4 Å². The molecule has 1 aromatic carbocycles. The van der Waals surface area contributed by atoms with Gasteiger partial charge in [0.1, 0.15) is 23.5 Å². The lowest BCUT2D eigenvalue weighted by Crippen LogP contribution is -2.26. The zero-order valence-corrected chi connectivity index (χ0v) is 11.4. The van der Waals surface area contributed by atoms with Gasteiger partial charge >= 0.3 is 0 Å². The number of anilines is 1. The fourth-order valence-corrected chi connectivity index (χ4v) is 1.87. The number of allylic oxidation sites excluding steroid dienone is 1. The van der Waals surface area contributed by atoms with E-state index < -0.39 is 11.5 Å². The van der Waals surface area contributed by atoms with E-state index in [2.05, 4.69) is 5.10 Å². The van der Waals surface area contributed by atoms with Crippen LogP contribution in [0.2, 0.25) is 0 Å². The van der Waals surface area contributed by atoms with Crippen LogP contribution < -0.4 is 11.3 Å². The Labute approximate surface area is 125 Å². The van der Waals surface area contributed by atoms with Gasteiger partial charge in [-0.05, 0) is 11.6 Å². The van der Waals surface area contributed by atoms with Crippen molar-refractivity contribution in [2.24, 2.45) is 0 Å². The molecule has 0 radical (unpaired) electrons. The highest BCUT2D eigenvalue weighted by molar-refractivity contribution is 5.82. The van der Waals surface area contributed by atoms with Gasteiger partial charge in [0, 0.05) is 0 Å². The van der Waals surface area contributed by atoms with Gasteiger partial charge in [0.15, 0.2) is 0 Å². The van der Waals surface area contributed by atoms with Crippen LogP contribution in [0.4, 0.5) is 5.82 Å². The smallest absolute Gasteiger partial charge is 0.283 e. The van der Waals surface area contributed by atoms with E-state index in [-0.39, 0.29) is 23.4 Å². The monoisotopic (exact) mass is 293 g/mol. The molecule has 0 bridgehead atoms. The Balaban J connectivity index is 2.37. The topological polar surface area (TPSA) is 128 Å². The number of nitrogen functional groups attached to an aromatic ring is 1. The first kappa shape index (κ1) is 14.8. The van der Waals surface area contributed by atoms with Crippen LogP contribution in [0.25, 0.3) is 6.08 Å². The van der Waals surface area contributed by atoms with Crippen LogP contribution in [0.1, 0.15) is 15.9 Å². The number of nitrogens with two attached hydrogens (primary N) is 1. The molecule has 0 atom stereocenters. The summed E-state index contributed by atoms with van der Waals surface area (Å²) >= 11 is 0. The molecule has 7 nitrogen and oxygen atoms in total. The Morgan fingerprint density at radius 3 is 2.50 bits per heavy atom. The van der Waals surface area contributed by atoms with E-state index in [9.17, 15) is 9.59 Å². The van der Waals surface area contributed by atoms with E-state index in [4.69, 9.17) is 16.3 Å². The minimum absolute atomic E-state index is 0.0210. The average molecular weight is 293 g/mol. The van der Waals surface area contributed by atoms with Crippen molar-refractivity contribution in [3.63, 3.8) is 0 Å². The van der Waals surface area contributed by atoms with Crippen LogP contribution in [0.3, 0.4) is 0 Å². The fraction of sp³-hybridized carbons (Fsp3) is 0.0667. The second-order valence-electron chi connectivity index (χ2n) is 4.42. The molecule has 0 saturated carbocycles. The number of rotatable bonds is 3. The summed E-state index contributed by atoms with van der Waals surface area (Å²) in [6, 6.07) is 12.2. The SMILES string of the molecule is N#CC(C#N)=Cc1c(N)[nH]n(C(=O)Cc2ccccc2)c1=O. The number of carbonyl (C=O) groups is 1. The van der Waals surface area contributed by atoms with Crippen molar-refractivity contribution in [2.75, 3.05) is 5.73 Å². The predicted octanol–water partition coefficient (Wildman–Crippen LogP) is 1.07. The molecule has 0 fully saturated rings. The van der Waals surface area contributed by atoms with Crippen LogP contribution >= 0.6 is 0 Å². The van der Waals surface area contributed by atoms with Crippen molar-refractivity contribution in [3.8, 4) is 12.1 Å². The summed E-state index contributed by atoms with van der Waals surface area (Å²) in [5.41, 5.74) is 5.34. The van der Waals surface area contributed by atoms with Gasteiger partial charge in [0.05, 0.1) is 12.0 Å². The second-order valence-corrected chi connectivity index (χ2v) is 4.42. The Kier molecular flexibility index (Phi) is 4.21. The van der Waals surface area contributed by atoms with E-state index in [0.29, 0.717) is 0 Å². The molecule has 7 heteroatoms. The largest absolute Gasteiger partial charge is 0.383 e. The lowest BCUT2D eigenvalue weighted by Gasteiger charge is -2.00. The van der Waals surface area contributed by atoms with Gasteiger partial charge in [-0.25, -0.2) is 0 Å². The maximum atomic E-state index is 12.2. The standard InChI is InChI=1S/C15H11N5O2/c16-8-11(9-17)6-12-14(18)19-20(15(12)22)13(21)7-10-4-2-1-3-5-10/h1-6,19H,7,18H2. The third-order valence-electron chi connectivity index (χ3n) is 2.93. The maximum Gasteiger partial charge on any atom is 0.283 e. The normalized spacial score (nSPS) is 9.55. The molecule has 0 unspecified atom stereocenters. The summed E-state index contributed by atoms with van der Waals surface area (Å²) in [5, 5.41) is 19.9. The zero-order valence-electron chi connectivity index (χ0n) is 11.4. The molecule has 2 rings (SSSR count). The van der Waals surface area contributed by atoms with Gasteiger partial charge < -0.3 is 5.73 Å². The molecule has 0 aliphatic rings. The highest BCUT2D eigenvalue weighted by Gasteiger charge is 2.16. The van der Waals surface area contributed by atoms with Crippen LogP contribution in [-0.2, 0) is 6.42 Å². The summed E-state index contributed by atoms with van der Waals surface area (Å²) < 4.78 is 0.778. The van der Waals surface area contributed by atoms with Gasteiger partial charge in [-0.1, -0.05) is 30.3 Å². The number of nitrogens with zero attached hydrogens (tertiary/aromatic N) is 3. The van der Waals surface area contributed by atoms with E-state index >= 15 is 0 Å². The number of benzene rings is 1. The van der Waals surface area contributed by atoms with Crippen molar-refractivity contribution >= 4 is 17.8 Å². The Morgan fingerprint density at radius 2 is 1.91 bits per heavy atom. The van der Waals surface area contributed by atoms with Gasteiger partial charge in [-0.2, -0.15) is 15.2 Å². The van der Waals surface area contributed by atoms with Crippen molar-refractivity contribution in [3.05, 3.63) is 57.4 Å². The number of aromatic nitrogens is 2. The number of nitrogens with one attached hydrogen (secondary N) is 1. The van der Waals surface area contributed by atoms with Gasteiger partial charge in [0.25, 0.3) is 11.5 Å². The number of aromatic amines is 1. The van der Waals surface area contributed by atoms with Gasteiger partial charge in [-0.3, -0.25) is 14.7 Å². The average Bonchev–Trinajstić information content (AvgIpc) is 2.81. The predicted molar refractivity (Wildman–Crippen MR) is 79.4 cm³/mol. The minimum Gasteiger partial charge on any atom is -0.383 e. The number of carbonyl (C=O) groups excluding carboxylic acids is 1. The number of nitriles is 2.